The monoisotopic (exact) mass is 291 g/mol. The summed E-state index contributed by atoms with van der Waals surface area (Å²) in [5.41, 5.74) is 6.33. The molecular weight excluding hydrogens is 277 g/mol. The maximum atomic E-state index is 10.1. The van der Waals surface area contributed by atoms with E-state index in [4.69, 9.17) is 17.3 Å². The van der Waals surface area contributed by atoms with Crippen molar-refractivity contribution in [1.82, 2.24) is 0 Å². The highest BCUT2D eigenvalue weighted by molar-refractivity contribution is 9.10. The Hall–Kier alpha value is -0.0900. The van der Waals surface area contributed by atoms with E-state index in [-0.39, 0.29) is 5.92 Å². The van der Waals surface area contributed by atoms with E-state index in [1.807, 2.05) is 19.1 Å². The van der Waals surface area contributed by atoms with Gasteiger partial charge in [-0.15, -0.1) is 0 Å². The average molecular weight is 293 g/mol. The van der Waals surface area contributed by atoms with Crippen LogP contribution in [0.3, 0.4) is 0 Å². The maximum absolute atomic E-state index is 10.1. The first kappa shape index (κ1) is 13.0. The Bertz CT molecular complexity index is 328. The van der Waals surface area contributed by atoms with Gasteiger partial charge in [-0.3, -0.25) is 0 Å². The lowest BCUT2D eigenvalue weighted by Gasteiger charge is -2.21. The number of aliphatic hydroxyl groups excluding tert-OH is 1. The van der Waals surface area contributed by atoms with Crippen LogP contribution >= 0.6 is 27.5 Å². The molecule has 2 atom stereocenters. The molecule has 0 amide bonds. The molecule has 1 rings (SSSR count). The minimum Gasteiger partial charge on any atom is -0.388 e. The van der Waals surface area contributed by atoms with E-state index in [0.717, 1.165) is 16.5 Å². The molecule has 0 saturated carbocycles. The van der Waals surface area contributed by atoms with Crippen molar-refractivity contribution in [3.8, 4) is 0 Å². The molecule has 0 aliphatic carbocycles. The van der Waals surface area contributed by atoms with Gasteiger partial charge in [0.05, 0.1) is 6.10 Å². The van der Waals surface area contributed by atoms with Gasteiger partial charge in [0.2, 0.25) is 0 Å². The third-order valence-electron chi connectivity index (χ3n) is 2.55. The number of rotatable bonds is 4. The molecule has 0 aliphatic rings. The first-order valence-corrected chi connectivity index (χ1v) is 6.10. The Labute approximate surface area is 104 Å². The molecule has 0 saturated heterocycles. The molecule has 0 bridgehead atoms. The zero-order valence-corrected chi connectivity index (χ0v) is 10.9. The van der Waals surface area contributed by atoms with Crippen LogP contribution in [0.15, 0.2) is 22.7 Å². The molecule has 1 aromatic carbocycles. The summed E-state index contributed by atoms with van der Waals surface area (Å²) in [6.45, 7) is 2.47. The summed E-state index contributed by atoms with van der Waals surface area (Å²) >= 11 is 9.38. The summed E-state index contributed by atoms with van der Waals surface area (Å²) in [7, 11) is 0. The van der Waals surface area contributed by atoms with Gasteiger partial charge in [-0.05, 0) is 31.2 Å². The second-order valence-electron chi connectivity index (χ2n) is 3.51. The Balaban J connectivity index is 2.98. The SMILES string of the molecule is CCC(CN)C(O)c1cc(Br)ccc1Cl. The van der Waals surface area contributed by atoms with E-state index < -0.39 is 6.10 Å². The molecule has 0 spiro atoms. The number of halogens is 2. The highest BCUT2D eigenvalue weighted by atomic mass is 79.9. The minimum absolute atomic E-state index is 0.0526. The van der Waals surface area contributed by atoms with Gasteiger partial charge in [-0.1, -0.05) is 34.5 Å². The molecular formula is C11H15BrClNO. The van der Waals surface area contributed by atoms with Crippen LogP contribution in [0.5, 0.6) is 0 Å². The molecule has 0 aromatic heterocycles. The number of benzene rings is 1. The Morgan fingerprint density at radius 1 is 1.53 bits per heavy atom. The quantitative estimate of drug-likeness (QED) is 0.895. The van der Waals surface area contributed by atoms with Gasteiger partial charge in [-0.2, -0.15) is 0 Å². The first-order chi connectivity index (χ1) is 7.10. The largest absolute Gasteiger partial charge is 0.388 e. The molecule has 84 valence electrons. The van der Waals surface area contributed by atoms with Crippen molar-refractivity contribution in [2.45, 2.75) is 19.4 Å². The predicted octanol–water partition coefficient (Wildman–Crippen LogP) is 3.12. The minimum atomic E-state index is -0.593. The Morgan fingerprint density at radius 2 is 2.20 bits per heavy atom. The lowest BCUT2D eigenvalue weighted by atomic mass is 9.93. The van der Waals surface area contributed by atoms with Crippen LogP contribution in [0, 0.1) is 5.92 Å². The first-order valence-electron chi connectivity index (χ1n) is 4.93. The highest BCUT2D eigenvalue weighted by Crippen LogP contribution is 2.31. The van der Waals surface area contributed by atoms with Crippen LogP contribution in [0.2, 0.25) is 5.02 Å². The zero-order chi connectivity index (χ0) is 11.4. The van der Waals surface area contributed by atoms with Crippen LogP contribution in [0.4, 0.5) is 0 Å². The van der Waals surface area contributed by atoms with E-state index in [0.29, 0.717) is 11.6 Å². The van der Waals surface area contributed by atoms with Gasteiger partial charge in [-0.25, -0.2) is 0 Å². The van der Waals surface area contributed by atoms with Crippen molar-refractivity contribution >= 4 is 27.5 Å². The van der Waals surface area contributed by atoms with Crippen LogP contribution < -0.4 is 5.73 Å². The van der Waals surface area contributed by atoms with Crippen LogP contribution in [-0.2, 0) is 0 Å². The lowest BCUT2D eigenvalue weighted by molar-refractivity contribution is 0.110. The second-order valence-corrected chi connectivity index (χ2v) is 4.84. The number of aliphatic hydroxyl groups is 1. The van der Waals surface area contributed by atoms with Gasteiger partial charge in [0, 0.05) is 21.0 Å². The van der Waals surface area contributed by atoms with Crippen molar-refractivity contribution in [2.24, 2.45) is 11.7 Å². The van der Waals surface area contributed by atoms with E-state index in [2.05, 4.69) is 15.9 Å². The average Bonchev–Trinajstić information content (AvgIpc) is 2.23. The zero-order valence-electron chi connectivity index (χ0n) is 8.58. The topological polar surface area (TPSA) is 46.2 Å². The molecule has 2 unspecified atom stereocenters. The third kappa shape index (κ3) is 3.18. The van der Waals surface area contributed by atoms with Crippen molar-refractivity contribution < 1.29 is 5.11 Å². The predicted molar refractivity (Wildman–Crippen MR) is 66.9 cm³/mol. The molecule has 4 heteroatoms. The van der Waals surface area contributed by atoms with Crippen LogP contribution in [-0.4, -0.2) is 11.7 Å². The van der Waals surface area contributed by atoms with E-state index in [1.54, 1.807) is 6.07 Å². The number of hydrogen-bond donors (Lipinski definition) is 2. The molecule has 0 fully saturated rings. The standard InChI is InChI=1S/C11H15BrClNO/c1-2-7(6-14)11(15)9-5-8(12)3-4-10(9)13/h3-5,7,11,15H,2,6,14H2,1H3. The molecule has 1 aromatic rings. The third-order valence-corrected chi connectivity index (χ3v) is 3.39. The van der Waals surface area contributed by atoms with Gasteiger partial charge in [0.1, 0.15) is 0 Å². The molecule has 0 heterocycles. The molecule has 15 heavy (non-hydrogen) atoms. The fourth-order valence-electron chi connectivity index (χ4n) is 1.51. The van der Waals surface area contributed by atoms with Crippen LogP contribution in [0.1, 0.15) is 25.0 Å². The molecule has 2 nitrogen and oxygen atoms in total. The number of hydrogen-bond acceptors (Lipinski definition) is 2. The Kier molecular flexibility index (Phi) is 5.06. The normalized spacial score (nSPS) is 15.0. The van der Waals surface area contributed by atoms with Gasteiger partial charge in [0.25, 0.3) is 0 Å². The smallest absolute Gasteiger partial charge is 0.0844 e. The molecule has 3 N–H and O–H groups in total. The lowest BCUT2D eigenvalue weighted by Crippen LogP contribution is -2.21. The van der Waals surface area contributed by atoms with Gasteiger partial charge >= 0.3 is 0 Å². The number of nitrogens with two attached hydrogens (primary N) is 1. The summed E-state index contributed by atoms with van der Waals surface area (Å²) in [5.74, 6) is 0.0526. The fraction of sp³-hybridized carbons (Fsp3) is 0.455. The summed E-state index contributed by atoms with van der Waals surface area (Å²) < 4.78 is 0.910. The van der Waals surface area contributed by atoms with Crippen LogP contribution in [0.25, 0.3) is 0 Å². The summed E-state index contributed by atoms with van der Waals surface area (Å²) in [4.78, 5) is 0. The van der Waals surface area contributed by atoms with E-state index >= 15 is 0 Å². The van der Waals surface area contributed by atoms with E-state index in [1.165, 1.54) is 0 Å². The van der Waals surface area contributed by atoms with Gasteiger partial charge in [0.15, 0.2) is 0 Å². The van der Waals surface area contributed by atoms with E-state index in [9.17, 15) is 5.11 Å². The van der Waals surface area contributed by atoms with Crippen molar-refractivity contribution in [2.75, 3.05) is 6.54 Å². The van der Waals surface area contributed by atoms with Crippen molar-refractivity contribution in [1.29, 1.82) is 0 Å². The second kappa shape index (κ2) is 5.85. The summed E-state index contributed by atoms with van der Waals surface area (Å²) in [6.07, 6.45) is 0.241. The summed E-state index contributed by atoms with van der Waals surface area (Å²) in [6, 6.07) is 5.46. The van der Waals surface area contributed by atoms with Crippen molar-refractivity contribution in [3.05, 3.63) is 33.3 Å². The molecule has 0 aliphatic heterocycles. The summed E-state index contributed by atoms with van der Waals surface area (Å²) in [5, 5.41) is 10.7. The molecule has 0 radical (unpaired) electrons. The van der Waals surface area contributed by atoms with Gasteiger partial charge < -0.3 is 10.8 Å². The maximum Gasteiger partial charge on any atom is 0.0844 e. The fourth-order valence-corrected chi connectivity index (χ4v) is 2.12. The van der Waals surface area contributed by atoms with Crippen molar-refractivity contribution in [3.63, 3.8) is 0 Å². The Morgan fingerprint density at radius 3 is 2.73 bits per heavy atom. The highest BCUT2D eigenvalue weighted by Gasteiger charge is 2.20.